The van der Waals surface area contributed by atoms with Crippen LogP contribution in [-0.4, -0.2) is 9.49 Å². The average Bonchev–Trinajstić information content (AvgIpc) is 2.32. The topological polar surface area (TPSA) is 65.1 Å². The Morgan fingerprint density at radius 2 is 2.12 bits per heavy atom. The molecule has 0 unspecified atom stereocenters. The summed E-state index contributed by atoms with van der Waals surface area (Å²) in [5.74, 6) is 2.32. The van der Waals surface area contributed by atoms with Crippen molar-refractivity contribution in [1.29, 1.82) is 0 Å². The van der Waals surface area contributed by atoms with Gasteiger partial charge in [0.05, 0.1) is 17.0 Å². The lowest BCUT2D eigenvalue weighted by Crippen LogP contribution is -2.22. The van der Waals surface area contributed by atoms with E-state index in [1.54, 1.807) is 24.3 Å². The molecule has 5 nitrogen and oxygen atoms in total. The van der Waals surface area contributed by atoms with Crippen LogP contribution in [0.2, 0.25) is 0 Å². The number of para-hydroxylation sites is 1. The summed E-state index contributed by atoms with van der Waals surface area (Å²) in [6, 6.07) is 8.18. The molecule has 0 aliphatic heterocycles. The molecule has 1 aromatic heterocycles. The predicted molar refractivity (Wildman–Crippen MR) is 63.7 cm³/mol. The fourth-order valence-electron chi connectivity index (χ4n) is 1.69. The first-order valence-corrected chi connectivity index (χ1v) is 4.85. The third kappa shape index (κ3) is 1.76. The Morgan fingerprint density at radius 3 is 2.76 bits per heavy atom. The molecule has 2 rings (SSSR count). The van der Waals surface area contributed by atoms with E-state index >= 15 is 0 Å². The molecule has 0 saturated carbocycles. The van der Waals surface area contributed by atoms with E-state index in [9.17, 15) is 14.9 Å². The van der Waals surface area contributed by atoms with Crippen molar-refractivity contribution in [3.8, 4) is 12.3 Å². The molecule has 0 saturated heterocycles. The molecule has 0 atom stereocenters. The van der Waals surface area contributed by atoms with E-state index in [0.717, 1.165) is 0 Å². The molecule has 0 spiro atoms. The van der Waals surface area contributed by atoms with E-state index in [1.807, 2.05) is 0 Å². The number of benzene rings is 1. The van der Waals surface area contributed by atoms with Gasteiger partial charge < -0.3 is 0 Å². The van der Waals surface area contributed by atoms with Crippen LogP contribution in [0.1, 0.15) is 0 Å². The highest BCUT2D eigenvalue weighted by Gasteiger charge is 2.16. The van der Waals surface area contributed by atoms with Crippen molar-refractivity contribution in [2.45, 2.75) is 6.54 Å². The molecule has 0 radical (unpaired) electrons. The highest BCUT2D eigenvalue weighted by Crippen LogP contribution is 2.16. The lowest BCUT2D eigenvalue weighted by Gasteiger charge is -2.06. The second-order valence-corrected chi connectivity index (χ2v) is 3.44. The fourth-order valence-corrected chi connectivity index (χ4v) is 1.69. The van der Waals surface area contributed by atoms with Crippen molar-refractivity contribution >= 4 is 16.6 Å². The van der Waals surface area contributed by atoms with Gasteiger partial charge in [-0.15, -0.1) is 6.42 Å². The minimum absolute atomic E-state index is 0.0149. The third-order valence-electron chi connectivity index (χ3n) is 2.43. The first kappa shape index (κ1) is 10.9. The highest BCUT2D eigenvalue weighted by atomic mass is 16.6. The van der Waals surface area contributed by atoms with E-state index in [0.29, 0.717) is 10.9 Å². The first-order valence-electron chi connectivity index (χ1n) is 4.85. The van der Waals surface area contributed by atoms with Crippen molar-refractivity contribution in [1.82, 2.24) is 4.57 Å². The quantitative estimate of drug-likeness (QED) is 0.445. The van der Waals surface area contributed by atoms with Crippen molar-refractivity contribution in [2.75, 3.05) is 0 Å². The minimum Gasteiger partial charge on any atom is -0.291 e. The molecule has 0 N–H and O–H groups in total. The largest absolute Gasteiger partial charge is 0.334 e. The zero-order chi connectivity index (χ0) is 12.4. The number of fused-ring (bicyclic) bond motifs is 1. The van der Waals surface area contributed by atoms with Crippen LogP contribution in [0.15, 0.2) is 35.1 Å². The number of nitro groups is 1. The second-order valence-electron chi connectivity index (χ2n) is 3.44. The average molecular weight is 228 g/mol. The van der Waals surface area contributed by atoms with Crippen molar-refractivity contribution in [3.63, 3.8) is 0 Å². The Kier molecular flexibility index (Phi) is 2.63. The van der Waals surface area contributed by atoms with Gasteiger partial charge >= 0.3 is 11.2 Å². The normalized spacial score (nSPS) is 10.1. The maximum atomic E-state index is 11.8. The molecule has 0 aliphatic rings. The fraction of sp³-hybridized carbons (Fsp3) is 0.0833. The Bertz CT molecular complexity index is 695. The molecule has 0 bridgehead atoms. The van der Waals surface area contributed by atoms with Gasteiger partial charge in [0.2, 0.25) is 0 Å². The standard InChI is InChI=1S/C12H8N2O3/c1-2-7-13-10-6-4-3-5-9(10)8-11(12(13)15)14(16)17/h1,3-6,8H,7H2. The number of hydrogen-bond acceptors (Lipinski definition) is 3. The number of aromatic nitrogens is 1. The van der Waals surface area contributed by atoms with Gasteiger partial charge in [0.1, 0.15) is 0 Å². The summed E-state index contributed by atoms with van der Waals surface area (Å²) in [5.41, 5.74) is -0.536. The monoisotopic (exact) mass is 228 g/mol. The number of pyridine rings is 1. The van der Waals surface area contributed by atoms with Crippen LogP contribution in [-0.2, 0) is 6.54 Å². The SMILES string of the molecule is C#CCn1c(=O)c([N+](=O)[O-])cc2ccccc21. The van der Waals surface area contributed by atoms with E-state index < -0.39 is 16.2 Å². The highest BCUT2D eigenvalue weighted by molar-refractivity contribution is 5.81. The summed E-state index contributed by atoms with van der Waals surface area (Å²) in [6.07, 6.45) is 5.17. The second kappa shape index (κ2) is 4.10. The number of rotatable bonds is 2. The first-order chi connectivity index (χ1) is 8.15. The molecule has 0 amide bonds. The van der Waals surface area contributed by atoms with Crippen LogP contribution in [0.5, 0.6) is 0 Å². The van der Waals surface area contributed by atoms with Gasteiger partial charge in [-0.05, 0) is 6.07 Å². The Morgan fingerprint density at radius 1 is 1.41 bits per heavy atom. The summed E-state index contributed by atoms with van der Waals surface area (Å²) < 4.78 is 1.23. The van der Waals surface area contributed by atoms with Crippen LogP contribution < -0.4 is 5.56 Å². The Balaban J connectivity index is 2.91. The van der Waals surface area contributed by atoms with Crippen molar-refractivity contribution < 1.29 is 4.92 Å². The summed E-state index contributed by atoms with van der Waals surface area (Å²) in [5, 5.41) is 11.4. The van der Waals surface area contributed by atoms with Crippen LogP contribution in [0.4, 0.5) is 5.69 Å². The van der Waals surface area contributed by atoms with Gasteiger partial charge in [0, 0.05) is 11.5 Å². The number of hydrogen-bond donors (Lipinski definition) is 0. The Hall–Kier alpha value is -2.61. The van der Waals surface area contributed by atoms with E-state index in [1.165, 1.54) is 10.6 Å². The van der Waals surface area contributed by atoms with Crippen LogP contribution in [0.3, 0.4) is 0 Å². The Labute approximate surface area is 96.5 Å². The molecular formula is C12H8N2O3. The molecule has 2 aromatic rings. The summed E-state index contributed by atoms with van der Waals surface area (Å²) in [7, 11) is 0. The van der Waals surface area contributed by atoms with Crippen molar-refractivity contribution in [2.24, 2.45) is 0 Å². The minimum atomic E-state index is -0.693. The lowest BCUT2D eigenvalue weighted by atomic mass is 10.2. The number of terminal acetylenes is 1. The molecule has 17 heavy (non-hydrogen) atoms. The van der Waals surface area contributed by atoms with Gasteiger partial charge in [-0.2, -0.15) is 0 Å². The predicted octanol–water partition coefficient (Wildman–Crippen LogP) is 1.54. The molecular weight excluding hydrogens is 220 g/mol. The van der Waals surface area contributed by atoms with Gasteiger partial charge in [-0.3, -0.25) is 19.5 Å². The third-order valence-corrected chi connectivity index (χ3v) is 2.43. The number of nitrogens with zero attached hydrogens (tertiary/aromatic N) is 2. The molecule has 1 aromatic carbocycles. The van der Waals surface area contributed by atoms with Gasteiger partial charge in [-0.1, -0.05) is 24.1 Å². The smallest absolute Gasteiger partial charge is 0.291 e. The molecule has 5 heteroatoms. The van der Waals surface area contributed by atoms with Gasteiger partial charge in [0.15, 0.2) is 0 Å². The van der Waals surface area contributed by atoms with E-state index in [4.69, 9.17) is 6.42 Å². The summed E-state index contributed by atoms with van der Waals surface area (Å²) >= 11 is 0. The maximum Gasteiger partial charge on any atom is 0.334 e. The van der Waals surface area contributed by atoms with Crippen molar-refractivity contribution in [3.05, 3.63) is 50.8 Å². The molecule has 84 valence electrons. The van der Waals surface area contributed by atoms with Gasteiger partial charge in [-0.25, -0.2) is 0 Å². The lowest BCUT2D eigenvalue weighted by molar-refractivity contribution is -0.386. The van der Waals surface area contributed by atoms with E-state index in [2.05, 4.69) is 5.92 Å². The van der Waals surface area contributed by atoms with Crippen LogP contribution in [0.25, 0.3) is 10.9 Å². The van der Waals surface area contributed by atoms with Crippen LogP contribution in [0, 0.1) is 22.5 Å². The maximum absolute atomic E-state index is 11.8. The summed E-state index contributed by atoms with van der Waals surface area (Å²) in [4.78, 5) is 21.9. The summed E-state index contributed by atoms with van der Waals surface area (Å²) in [6.45, 7) is 0.0149. The zero-order valence-electron chi connectivity index (χ0n) is 8.79. The zero-order valence-corrected chi connectivity index (χ0v) is 8.79. The molecule has 0 aliphatic carbocycles. The van der Waals surface area contributed by atoms with Crippen LogP contribution >= 0.6 is 0 Å². The molecule has 1 heterocycles. The molecule has 0 fully saturated rings. The van der Waals surface area contributed by atoms with Gasteiger partial charge in [0.25, 0.3) is 0 Å². The van der Waals surface area contributed by atoms with E-state index in [-0.39, 0.29) is 6.54 Å².